The lowest BCUT2D eigenvalue weighted by Gasteiger charge is -2.60. The summed E-state index contributed by atoms with van der Waals surface area (Å²) in [5.41, 5.74) is -0.587. The molecule has 5 rings (SSSR count). The van der Waals surface area contributed by atoms with Gasteiger partial charge < -0.3 is 19.7 Å². The smallest absolute Gasteiger partial charge is 0.317 e. The van der Waals surface area contributed by atoms with E-state index in [2.05, 4.69) is 20.4 Å². The molecule has 8 atom stereocenters. The highest BCUT2D eigenvalue weighted by atomic mass is 16.8. The zero-order valence-corrected chi connectivity index (χ0v) is 15.0. The number of fused-ring (bicyclic) bond motifs is 1. The number of carbonyl (C=O) groups is 1. The zero-order valence-electron chi connectivity index (χ0n) is 15.0. The molecule has 5 fully saturated rings. The van der Waals surface area contributed by atoms with Crippen LogP contribution in [0.25, 0.3) is 0 Å². The number of aliphatic hydroxyl groups excluding tert-OH is 2. The van der Waals surface area contributed by atoms with Crippen molar-refractivity contribution >= 4 is 5.97 Å². The lowest BCUT2D eigenvalue weighted by Crippen LogP contribution is -2.65. The second-order valence-electron chi connectivity index (χ2n) is 9.74. The van der Waals surface area contributed by atoms with E-state index in [0.717, 1.165) is 37.7 Å². The average molecular weight is 348 g/mol. The Hall–Kier alpha value is -0.910. The Labute approximate surface area is 148 Å². The standard InChI is InChI=1S/C20H28O5/c1-10-11-5-6-12-19-8-4-7-18(2,3)13(19)15(22)24-17(19)25-16(23)20(12,9-11)14(10)21/h11-15,17,21-22H,1,4-9H2,2-3H3. The van der Waals surface area contributed by atoms with Crippen molar-refractivity contribution in [3.05, 3.63) is 12.2 Å². The highest BCUT2D eigenvalue weighted by Crippen LogP contribution is 2.73. The average Bonchev–Trinajstić information content (AvgIpc) is 2.95. The largest absolute Gasteiger partial charge is 0.434 e. The Morgan fingerprint density at radius 3 is 2.72 bits per heavy atom. The van der Waals surface area contributed by atoms with Gasteiger partial charge in [-0.1, -0.05) is 26.8 Å². The molecule has 2 aliphatic heterocycles. The molecule has 0 aromatic carbocycles. The van der Waals surface area contributed by atoms with Gasteiger partial charge in [0.25, 0.3) is 0 Å². The SMILES string of the molecule is C=C1C2CCC3C(C2)(C(=O)OC2OC(O)C4C(C)(C)CCCC243)C1O. The normalized spacial score (nSPS) is 56.0. The minimum absolute atomic E-state index is 0.0153. The van der Waals surface area contributed by atoms with Gasteiger partial charge in [-0.25, -0.2) is 0 Å². The fraction of sp³-hybridized carbons (Fsp3) is 0.850. The van der Waals surface area contributed by atoms with Gasteiger partial charge in [-0.2, -0.15) is 0 Å². The van der Waals surface area contributed by atoms with E-state index in [-0.39, 0.29) is 29.1 Å². The number of rotatable bonds is 0. The van der Waals surface area contributed by atoms with E-state index < -0.39 is 29.5 Å². The summed E-state index contributed by atoms with van der Waals surface area (Å²) in [6, 6.07) is 0. The summed E-state index contributed by atoms with van der Waals surface area (Å²) in [6.07, 6.45) is 2.95. The third kappa shape index (κ3) is 1.64. The van der Waals surface area contributed by atoms with Gasteiger partial charge in [-0.05, 0) is 54.9 Å². The molecule has 2 heterocycles. The summed E-state index contributed by atoms with van der Waals surface area (Å²) >= 11 is 0. The molecule has 3 saturated carbocycles. The van der Waals surface area contributed by atoms with Gasteiger partial charge in [0.05, 0.1) is 6.10 Å². The summed E-state index contributed by atoms with van der Waals surface area (Å²) in [5.74, 6) is -0.237. The second kappa shape index (κ2) is 4.68. The topological polar surface area (TPSA) is 76.0 Å². The Morgan fingerprint density at radius 1 is 1.20 bits per heavy atom. The maximum atomic E-state index is 13.1. The summed E-state index contributed by atoms with van der Waals surface area (Å²) in [4.78, 5) is 13.1. The molecule has 0 amide bonds. The number of aliphatic hydroxyl groups is 2. The van der Waals surface area contributed by atoms with Crippen LogP contribution in [0.2, 0.25) is 0 Å². The highest BCUT2D eigenvalue weighted by molar-refractivity contribution is 5.81. The predicted octanol–water partition coefficient (Wildman–Crippen LogP) is 2.36. The highest BCUT2D eigenvalue weighted by Gasteiger charge is 2.77. The van der Waals surface area contributed by atoms with Crippen LogP contribution in [-0.4, -0.2) is 34.9 Å². The molecule has 3 aliphatic carbocycles. The molecule has 2 N–H and O–H groups in total. The Morgan fingerprint density at radius 2 is 1.96 bits per heavy atom. The van der Waals surface area contributed by atoms with Crippen molar-refractivity contribution in [3.63, 3.8) is 0 Å². The Bertz CT molecular complexity index is 656. The third-order valence-corrected chi connectivity index (χ3v) is 8.46. The van der Waals surface area contributed by atoms with Crippen LogP contribution >= 0.6 is 0 Å². The molecule has 2 spiro atoms. The first kappa shape index (κ1) is 16.3. The van der Waals surface area contributed by atoms with Gasteiger partial charge in [0.1, 0.15) is 5.41 Å². The lowest BCUT2D eigenvalue weighted by atomic mass is 9.44. The molecule has 5 aliphatic rings. The van der Waals surface area contributed by atoms with Gasteiger partial charge in [0.15, 0.2) is 6.29 Å². The van der Waals surface area contributed by atoms with E-state index in [1.54, 1.807) is 0 Å². The van der Waals surface area contributed by atoms with Gasteiger partial charge in [0, 0.05) is 11.3 Å². The molecule has 2 saturated heterocycles. The van der Waals surface area contributed by atoms with E-state index in [1.807, 2.05) is 0 Å². The van der Waals surface area contributed by atoms with Gasteiger partial charge in [-0.15, -0.1) is 0 Å². The molecule has 25 heavy (non-hydrogen) atoms. The van der Waals surface area contributed by atoms with Crippen LogP contribution < -0.4 is 0 Å². The molecule has 8 unspecified atom stereocenters. The fourth-order valence-corrected chi connectivity index (χ4v) is 7.57. The first-order valence-electron chi connectivity index (χ1n) is 9.66. The number of esters is 1. The van der Waals surface area contributed by atoms with Crippen LogP contribution in [-0.2, 0) is 14.3 Å². The Kier molecular flexibility index (Phi) is 3.04. The molecule has 138 valence electrons. The molecule has 0 aromatic rings. The molecule has 5 nitrogen and oxygen atoms in total. The van der Waals surface area contributed by atoms with E-state index >= 15 is 0 Å². The van der Waals surface area contributed by atoms with E-state index in [9.17, 15) is 15.0 Å². The quantitative estimate of drug-likeness (QED) is 0.519. The van der Waals surface area contributed by atoms with Crippen LogP contribution in [0, 0.1) is 34.0 Å². The van der Waals surface area contributed by atoms with Crippen LogP contribution in [0.5, 0.6) is 0 Å². The molecular formula is C20H28O5. The molecule has 2 bridgehead atoms. The number of hydrogen-bond donors (Lipinski definition) is 2. The molecule has 0 aromatic heterocycles. The van der Waals surface area contributed by atoms with Crippen molar-refractivity contribution in [1.29, 1.82) is 0 Å². The number of carbonyl (C=O) groups excluding carboxylic acids is 1. The first-order chi connectivity index (χ1) is 11.7. The summed E-state index contributed by atoms with van der Waals surface area (Å²) < 4.78 is 11.7. The fourth-order valence-electron chi connectivity index (χ4n) is 7.57. The van der Waals surface area contributed by atoms with Crippen molar-refractivity contribution < 1.29 is 24.5 Å². The van der Waals surface area contributed by atoms with Crippen LogP contribution in [0.3, 0.4) is 0 Å². The molecule has 0 radical (unpaired) electrons. The van der Waals surface area contributed by atoms with Crippen LogP contribution in [0.4, 0.5) is 0 Å². The summed E-state index contributed by atoms with van der Waals surface area (Å²) in [6.45, 7) is 8.46. The van der Waals surface area contributed by atoms with Crippen molar-refractivity contribution in [2.75, 3.05) is 0 Å². The summed E-state index contributed by atoms with van der Waals surface area (Å²) in [5, 5.41) is 21.8. The maximum absolute atomic E-state index is 13.1. The van der Waals surface area contributed by atoms with Gasteiger partial charge in [-0.3, -0.25) is 4.79 Å². The molecule has 5 heteroatoms. The lowest BCUT2D eigenvalue weighted by molar-refractivity contribution is -0.269. The minimum Gasteiger partial charge on any atom is -0.434 e. The number of ether oxygens (including phenoxy) is 2. The van der Waals surface area contributed by atoms with Crippen LogP contribution in [0.1, 0.15) is 52.4 Å². The van der Waals surface area contributed by atoms with E-state index in [1.165, 1.54) is 0 Å². The van der Waals surface area contributed by atoms with Crippen molar-refractivity contribution in [2.24, 2.45) is 34.0 Å². The third-order valence-electron chi connectivity index (χ3n) is 8.46. The van der Waals surface area contributed by atoms with E-state index in [4.69, 9.17) is 9.47 Å². The zero-order chi connectivity index (χ0) is 17.8. The predicted molar refractivity (Wildman–Crippen MR) is 88.9 cm³/mol. The van der Waals surface area contributed by atoms with Crippen molar-refractivity contribution in [2.45, 2.75) is 71.1 Å². The minimum atomic E-state index is -0.914. The summed E-state index contributed by atoms with van der Waals surface area (Å²) in [7, 11) is 0. The Balaban J connectivity index is 1.70. The monoisotopic (exact) mass is 348 g/mol. The van der Waals surface area contributed by atoms with Crippen molar-refractivity contribution in [3.8, 4) is 0 Å². The van der Waals surface area contributed by atoms with E-state index in [0.29, 0.717) is 6.42 Å². The number of hydrogen-bond acceptors (Lipinski definition) is 5. The van der Waals surface area contributed by atoms with Crippen molar-refractivity contribution in [1.82, 2.24) is 0 Å². The first-order valence-corrected chi connectivity index (χ1v) is 9.66. The second-order valence-corrected chi connectivity index (χ2v) is 9.74. The van der Waals surface area contributed by atoms with Gasteiger partial charge >= 0.3 is 5.97 Å². The molecular weight excluding hydrogens is 320 g/mol. The van der Waals surface area contributed by atoms with Crippen LogP contribution in [0.15, 0.2) is 12.2 Å². The van der Waals surface area contributed by atoms with Gasteiger partial charge in [0.2, 0.25) is 6.29 Å². The maximum Gasteiger partial charge on any atom is 0.317 e.